The van der Waals surface area contributed by atoms with E-state index in [1.165, 1.54) is 18.6 Å². The molecule has 1 saturated carbocycles. The first-order valence-electron chi connectivity index (χ1n) is 7.02. The van der Waals surface area contributed by atoms with E-state index >= 15 is 0 Å². The number of nitrogens with one attached hydrogen (secondary N) is 2. The van der Waals surface area contributed by atoms with E-state index in [-0.39, 0.29) is 0 Å². The summed E-state index contributed by atoms with van der Waals surface area (Å²) in [5.41, 5.74) is 4.60. The molecular weight excluding hydrogens is 242 g/mol. The number of unbranched alkanes of at least 4 members (excludes halogenated alkanes) is 1. The van der Waals surface area contributed by atoms with Gasteiger partial charge in [0.2, 0.25) is 0 Å². The van der Waals surface area contributed by atoms with Gasteiger partial charge in [0.1, 0.15) is 0 Å². The smallest absolute Gasteiger partial charge is 0.186 e. The molecule has 104 valence electrons. The topological polar surface area (TPSA) is 36.4 Å². The third kappa shape index (κ3) is 5.80. The number of thiocarbonyl (C=S) groups is 1. The first-order valence-corrected chi connectivity index (χ1v) is 7.43. The van der Waals surface area contributed by atoms with Crippen LogP contribution in [0.15, 0.2) is 5.10 Å². The number of hydrogen-bond donors (Lipinski definition) is 2. The van der Waals surface area contributed by atoms with Crippen LogP contribution in [0.4, 0.5) is 0 Å². The molecule has 0 aromatic rings. The zero-order valence-electron chi connectivity index (χ0n) is 12.2. The molecule has 4 heteroatoms. The number of nitrogens with zero attached hydrogens (tertiary/aromatic N) is 1. The minimum absolute atomic E-state index is 0.370. The van der Waals surface area contributed by atoms with Crippen LogP contribution < -0.4 is 10.7 Å². The van der Waals surface area contributed by atoms with Gasteiger partial charge in [0.25, 0.3) is 0 Å². The van der Waals surface area contributed by atoms with Gasteiger partial charge in [-0.15, -0.1) is 0 Å². The molecule has 18 heavy (non-hydrogen) atoms. The Balaban J connectivity index is 2.39. The molecule has 3 nitrogen and oxygen atoms in total. The van der Waals surface area contributed by atoms with Crippen molar-refractivity contribution < 1.29 is 0 Å². The quantitative estimate of drug-likeness (QED) is 0.466. The summed E-state index contributed by atoms with van der Waals surface area (Å²) in [6, 6.07) is 0. The predicted octanol–water partition coefficient (Wildman–Crippen LogP) is 3.45. The van der Waals surface area contributed by atoms with Crippen molar-refractivity contribution in [2.45, 2.75) is 59.8 Å². The fourth-order valence-electron chi connectivity index (χ4n) is 2.75. The van der Waals surface area contributed by atoms with Crippen molar-refractivity contribution in [1.82, 2.24) is 10.7 Å². The molecule has 0 aromatic carbocycles. The Hall–Kier alpha value is -0.640. The van der Waals surface area contributed by atoms with Crippen molar-refractivity contribution in [2.75, 3.05) is 6.54 Å². The fraction of sp³-hybridized carbons (Fsp3) is 0.857. The summed E-state index contributed by atoms with van der Waals surface area (Å²) in [6.07, 6.45) is 5.76. The molecule has 0 amide bonds. The first-order chi connectivity index (χ1) is 8.43. The summed E-state index contributed by atoms with van der Waals surface area (Å²) in [6.45, 7) is 10.0. The number of hydrazone groups is 1. The molecule has 1 atom stereocenters. The fourth-order valence-corrected chi connectivity index (χ4v) is 2.90. The molecule has 1 unspecified atom stereocenters. The van der Waals surface area contributed by atoms with Gasteiger partial charge in [0, 0.05) is 12.3 Å². The van der Waals surface area contributed by atoms with Crippen LogP contribution in [0.3, 0.4) is 0 Å². The lowest BCUT2D eigenvalue weighted by Gasteiger charge is -2.34. The van der Waals surface area contributed by atoms with Gasteiger partial charge in [-0.2, -0.15) is 5.10 Å². The van der Waals surface area contributed by atoms with Gasteiger partial charge in [-0.1, -0.05) is 34.1 Å². The molecule has 0 radical (unpaired) electrons. The molecule has 1 fully saturated rings. The van der Waals surface area contributed by atoms with E-state index in [4.69, 9.17) is 12.2 Å². The number of hydrogen-bond acceptors (Lipinski definition) is 2. The van der Waals surface area contributed by atoms with Gasteiger partial charge < -0.3 is 5.32 Å². The Bertz CT molecular complexity index is 310. The highest BCUT2D eigenvalue weighted by atomic mass is 32.1. The number of rotatable bonds is 4. The second-order valence-electron chi connectivity index (χ2n) is 6.25. The average molecular weight is 269 g/mol. The lowest BCUT2D eigenvalue weighted by Crippen LogP contribution is -2.35. The van der Waals surface area contributed by atoms with E-state index in [1.807, 2.05) is 0 Å². The molecule has 0 heterocycles. The second kappa shape index (κ2) is 7.07. The van der Waals surface area contributed by atoms with Crippen molar-refractivity contribution in [3.05, 3.63) is 0 Å². The van der Waals surface area contributed by atoms with Crippen LogP contribution in [0.5, 0.6) is 0 Å². The van der Waals surface area contributed by atoms with E-state index in [9.17, 15) is 0 Å². The van der Waals surface area contributed by atoms with E-state index in [0.29, 0.717) is 10.5 Å². The summed E-state index contributed by atoms with van der Waals surface area (Å²) in [5.74, 6) is 0.718. The Morgan fingerprint density at radius 2 is 2.22 bits per heavy atom. The van der Waals surface area contributed by atoms with Crippen molar-refractivity contribution in [2.24, 2.45) is 16.4 Å². The lowest BCUT2D eigenvalue weighted by molar-refractivity contribution is 0.265. The van der Waals surface area contributed by atoms with Gasteiger partial charge in [0.05, 0.1) is 0 Å². The monoisotopic (exact) mass is 269 g/mol. The van der Waals surface area contributed by atoms with E-state index in [1.54, 1.807) is 0 Å². The van der Waals surface area contributed by atoms with Crippen molar-refractivity contribution in [1.29, 1.82) is 0 Å². The van der Waals surface area contributed by atoms with Crippen LogP contribution in [0.25, 0.3) is 0 Å². The normalized spacial score (nSPS) is 24.9. The van der Waals surface area contributed by atoms with Crippen molar-refractivity contribution in [3.63, 3.8) is 0 Å². The summed E-state index contributed by atoms with van der Waals surface area (Å²) < 4.78 is 0. The van der Waals surface area contributed by atoms with Crippen LogP contribution in [-0.2, 0) is 0 Å². The SMILES string of the molecule is CCCCNC(=S)NN=C1CC(C)CC(C)(C)C1. The third-order valence-electron chi connectivity index (χ3n) is 3.30. The molecule has 0 saturated heterocycles. The van der Waals surface area contributed by atoms with E-state index in [0.717, 1.165) is 31.7 Å². The molecule has 1 aliphatic rings. The van der Waals surface area contributed by atoms with Gasteiger partial charge in [0.15, 0.2) is 5.11 Å². The maximum Gasteiger partial charge on any atom is 0.186 e. The summed E-state index contributed by atoms with van der Waals surface area (Å²) >= 11 is 5.19. The summed E-state index contributed by atoms with van der Waals surface area (Å²) in [5, 5.41) is 8.28. The molecule has 0 bridgehead atoms. The standard InChI is InChI=1S/C14H27N3S/c1-5-6-7-15-13(18)17-16-12-8-11(2)9-14(3,4)10-12/h11H,5-10H2,1-4H3,(H2,15,17,18). The highest BCUT2D eigenvalue weighted by molar-refractivity contribution is 7.80. The maximum absolute atomic E-state index is 5.19. The Kier molecular flexibility index (Phi) is 6.06. The minimum Gasteiger partial charge on any atom is -0.361 e. The Labute approximate surface area is 117 Å². The average Bonchev–Trinajstić information content (AvgIpc) is 2.24. The molecule has 0 spiro atoms. The molecule has 1 rings (SSSR count). The molecule has 0 aliphatic heterocycles. The van der Waals surface area contributed by atoms with Gasteiger partial charge in [-0.3, -0.25) is 5.43 Å². The predicted molar refractivity (Wildman–Crippen MR) is 82.9 cm³/mol. The van der Waals surface area contributed by atoms with Gasteiger partial charge >= 0.3 is 0 Å². The van der Waals surface area contributed by atoms with Crippen LogP contribution in [0.1, 0.15) is 59.8 Å². The summed E-state index contributed by atoms with van der Waals surface area (Å²) in [7, 11) is 0. The molecule has 2 N–H and O–H groups in total. The maximum atomic E-state index is 5.19. The van der Waals surface area contributed by atoms with Crippen molar-refractivity contribution >= 4 is 23.0 Å². The Morgan fingerprint density at radius 3 is 2.83 bits per heavy atom. The van der Waals surface area contributed by atoms with Gasteiger partial charge in [-0.25, -0.2) is 0 Å². The third-order valence-corrected chi connectivity index (χ3v) is 3.53. The first kappa shape index (κ1) is 15.4. The van der Waals surface area contributed by atoms with Crippen LogP contribution in [0, 0.1) is 11.3 Å². The van der Waals surface area contributed by atoms with Crippen LogP contribution in [0.2, 0.25) is 0 Å². The largest absolute Gasteiger partial charge is 0.361 e. The molecule has 1 aliphatic carbocycles. The molecular formula is C14H27N3S. The molecule has 0 aromatic heterocycles. The zero-order chi connectivity index (χ0) is 13.6. The van der Waals surface area contributed by atoms with Crippen LogP contribution >= 0.6 is 12.2 Å². The lowest BCUT2D eigenvalue weighted by atomic mass is 9.72. The van der Waals surface area contributed by atoms with E-state index in [2.05, 4.69) is 43.5 Å². The van der Waals surface area contributed by atoms with Crippen molar-refractivity contribution in [3.8, 4) is 0 Å². The Morgan fingerprint density at radius 1 is 1.50 bits per heavy atom. The minimum atomic E-state index is 0.370. The van der Waals surface area contributed by atoms with E-state index < -0.39 is 0 Å². The highest BCUT2D eigenvalue weighted by Crippen LogP contribution is 2.36. The summed E-state index contributed by atoms with van der Waals surface area (Å²) in [4.78, 5) is 0. The second-order valence-corrected chi connectivity index (χ2v) is 6.66. The highest BCUT2D eigenvalue weighted by Gasteiger charge is 2.29. The van der Waals surface area contributed by atoms with Gasteiger partial charge in [-0.05, 0) is 49.2 Å². The zero-order valence-corrected chi connectivity index (χ0v) is 13.0. The van der Waals surface area contributed by atoms with Crippen LogP contribution in [-0.4, -0.2) is 17.4 Å².